The first-order valence-electron chi connectivity index (χ1n) is 7.73. The van der Waals surface area contributed by atoms with E-state index in [1.807, 2.05) is 13.8 Å². The van der Waals surface area contributed by atoms with Crippen LogP contribution in [0.2, 0.25) is 0 Å². The maximum Gasteiger partial charge on any atom is 0.274 e. The van der Waals surface area contributed by atoms with Crippen LogP contribution in [0.3, 0.4) is 0 Å². The Morgan fingerprint density at radius 1 is 1.55 bits per heavy atom. The Morgan fingerprint density at radius 2 is 2.27 bits per heavy atom. The lowest BCUT2D eigenvalue weighted by Crippen LogP contribution is -2.43. The molecule has 2 heterocycles. The Kier molecular flexibility index (Phi) is 3.66. The largest absolute Gasteiger partial charge is 0.349 e. The van der Waals surface area contributed by atoms with Crippen LogP contribution in [0.1, 0.15) is 58.1 Å². The molecule has 0 unspecified atom stereocenters. The minimum Gasteiger partial charge on any atom is -0.349 e. The van der Waals surface area contributed by atoms with E-state index >= 15 is 0 Å². The van der Waals surface area contributed by atoms with Crippen molar-refractivity contribution in [2.24, 2.45) is 0 Å². The van der Waals surface area contributed by atoms with Crippen molar-refractivity contribution in [3.8, 4) is 0 Å². The zero-order valence-electron chi connectivity index (χ0n) is 12.9. The van der Waals surface area contributed by atoms with Gasteiger partial charge in [0.25, 0.3) is 11.8 Å². The molecule has 1 saturated carbocycles. The summed E-state index contributed by atoms with van der Waals surface area (Å²) < 4.78 is 13.6. The molecule has 1 saturated heterocycles. The van der Waals surface area contributed by atoms with Crippen molar-refractivity contribution in [2.45, 2.75) is 50.7 Å². The summed E-state index contributed by atoms with van der Waals surface area (Å²) in [5.41, 5.74) is -0.355. The van der Waals surface area contributed by atoms with Gasteiger partial charge in [-0.15, -0.1) is 0 Å². The highest BCUT2D eigenvalue weighted by molar-refractivity contribution is 5.93. The maximum atomic E-state index is 13.6. The number of hydrogen-bond donors (Lipinski definition) is 2. The maximum absolute atomic E-state index is 13.6. The van der Waals surface area contributed by atoms with E-state index in [9.17, 15) is 14.0 Å². The number of hydrogen-bond acceptors (Lipinski definition) is 3. The van der Waals surface area contributed by atoms with Gasteiger partial charge in [0.05, 0.1) is 0 Å². The summed E-state index contributed by atoms with van der Waals surface area (Å²) >= 11 is 0. The average Bonchev–Trinajstić information content (AvgIpc) is 2.95. The molecular weight excluding hydrogens is 287 g/mol. The third kappa shape index (κ3) is 2.84. The predicted molar refractivity (Wildman–Crippen MR) is 82.4 cm³/mol. The fraction of sp³-hybridized carbons (Fsp3) is 0.667. The van der Waals surface area contributed by atoms with Gasteiger partial charge in [0.15, 0.2) is 5.67 Å². The smallest absolute Gasteiger partial charge is 0.274 e. The lowest BCUT2D eigenvalue weighted by Gasteiger charge is -2.16. The normalized spacial score (nSPS) is 22.9. The van der Waals surface area contributed by atoms with Gasteiger partial charge in [-0.05, 0) is 31.2 Å². The van der Waals surface area contributed by atoms with E-state index in [1.54, 1.807) is 11.0 Å². The number of nitrogens with one attached hydrogen (secondary N) is 2. The first-order chi connectivity index (χ1) is 10.4. The van der Waals surface area contributed by atoms with Crippen LogP contribution in [0.5, 0.6) is 0 Å². The van der Waals surface area contributed by atoms with Crippen LogP contribution in [-0.4, -0.2) is 51.7 Å². The molecule has 2 aliphatic rings. The molecule has 7 heteroatoms. The van der Waals surface area contributed by atoms with Crippen molar-refractivity contribution in [3.63, 3.8) is 0 Å². The number of carbonyl (C=O) groups excluding carboxylic acids is 2. The Bertz CT molecular complexity index is 604. The Hall–Kier alpha value is -1.92. The third-order valence-electron chi connectivity index (χ3n) is 4.35. The van der Waals surface area contributed by atoms with Crippen LogP contribution >= 0.6 is 0 Å². The Morgan fingerprint density at radius 3 is 2.86 bits per heavy atom. The van der Waals surface area contributed by atoms with E-state index in [2.05, 4.69) is 15.5 Å². The minimum absolute atomic E-state index is 0. The highest BCUT2D eigenvalue weighted by Crippen LogP contribution is 2.40. The fourth-order valence-electron chi connectivity index (χ4n) is 2.62. The molecule has 0 bridgehead atoms. The standard InChI is InChI=1S/C15H21FN4O2.2H2/c1-9(2)11-7-12(19-18-11)13(21)20-6-3-10(8-20)17-14(22)15(16)4-5-15;;/h7,9-10H,3-6,8H2,1-2H3,(H,17,22)(H,18,19);2*1H/t10-;;/m1../s1. The topological polar surface area (TPSA) is 78.1 Å². The Balaban J connectivity index is 0.00000144. The molecule has 124 valence electrons. The second-order valence-electron chi connectivity index (χ2n) is 6.54. The van der Waals surface area contributed by atoms with E-state index in [0.29, 0.717) is 38.0 Å². The number of nitrogens with zero attached hydrogens (tertiary/aromatic N) is 2. The summed E-state index contributed by atoms with van der Waals surface area (Å²) in [7, 11) is 0. The number of halogens is 1. The van der Waals surface area contributed by atoms with Crippen molar-refractivity contribution in [1.82, 2.24) is 20.4 Å². The van der Waals surface area contributed by atoms with E-state index in [-0.39, 0.29) is 20.7 Å². The van der Waals surface area contributed by atoms with Gasteiger partial charge in [0.2, 0.25) is 0 Å². The van der Waals surface area contributed by atoms with Crippen LogP contribution in [0.15, 0.2) is 6.07 Å². The quantitative estimate of drug-likeness (QED) is 0.890. The monoisotopic (exact) mass is 312 g/mol. The van der Waals surface area contributed by atoms with Gasteiger partial charge in [-0.25, -0.2) is 4.39 Å². The second-order valence-corrected chi connectivity index (χ2v) is 6.54. The van der Waals surface area contributed by atoms with E-state index in [1.165, 1.54) is 0 Å². The molecule has 2 amide bonds. The lowest BCUT2D eigenvalue weighted by atomic mass is 10.1. The molecule has 0 radical (unpaired) electrons. The number of rotatable bonds is 4. The predicted octanol–water partition coefficient (Wildman–Crippen LogP) is 1.86. The zero-order valence-corrected chi connectivity index (χ0v) is 12.9. The molecule has 1 aromatic heterocycles. The summed E-state index contributed by atoms with van der Waals surface area (Å²) in [5.74, 6) is -0.408. The molecular formula is C15H25FN4O2. The molecule has 1 aromatic rings. The van der Waals surface area contributed by atoms with E-state index in [0.717, 1.165) is 5.69 Å². The van der Waals surface area contributed by atoms with Crippen molar-refractivity contribution >= 4 is 11.8 Å². The first-order valence-corrected chi connectivity index (χ1v) is 7.73. The number of H-pyrrole nitrogens is 1. The summed E-state index contributed by atoms with van der Waals surface area (Å²) in [4.78, 5) is 25.7. The molecule has 2 fully saturated rings. The van der Waals surface area contributed by atoms with Crippen molar-refractivity contribution in [1.29, 1.82) is 0 Å². The first kappa shape index (κ1) is 15.0. The van der Waals surface area contributed by atoms with Crippen LogP contribution < -0.4 is 5.32 Å². The van der Waals surface area contributed by atoms with E-state index < -0.39 is 11.6 Å². The molecule has 0 aromatic carbocycles. The molecule has 1 aliphatic heterocycles. The fourth-order valence-corrected chi connectivity index (χ4v) is 2.62. The molecule has 0 spiro atoms. The molecule has 1 atom stereocenters. The lowest BCUT2D eigenvalue weighted by molar-refractivity contribution is -0.128. The average molecular weight is 312 g/mol. The van der Waals surface area contributed by atoms with E-state index in [4.69, 9.17) is 0 Å². The molecule has 3 rings (SSSR count). The van der Waals surface area contributed by atoms with Gasteiger partial charge in [0, 0.05) is 27.7 Å². The summed E-state index contributed by atoms with van der Waals surface area (Å²) in [6.07, 6.45) is 1.26. The van der Waals surface area contributed by atoms with Crippen LogP contribution in [0.25, 0.3) is 0 Å². The van der Waals surface area contributed by atoms with Gasteiger partial charge in [-0.3, -0.25) is 14.7 Å². The van der Waals surface area contributed by atoms with Crippen molar-refractivity contribution in [2.75, 3.05) is 13.1 Å². The van der Waals surface area contributed by atoms with Crippen molar-refractivity contribution < 1.29 is 16.8 Å². The van der Waals surface area contributed by atoms with Gasteiger partial charge < -0.3 is 10.2 Å². The number of amides is 2. The molecule has 2 N–H and O–H groups in total. The second kappa shape index (κ2) is 5.37. The summed E-state index contributed by atoms with van der Waals surface area (Å²) in [6.45, 7) is 5.00. The van der Waals surface area contributed by atoms with Gasteiger partial charge in [-0.1, -0.05) is 13.8 Å². The van der Waals surface area contributed by atoms with Gasteiger partial charge >= 0.3 is 0 Å². The molecule has 1 aliphatic carbocycles. The SMILES string of the molecule is CC(C)c1cc(C(=O)N2CC[C@@H](NC(=O)C3(F)CC3)C2)n[nH]1.[HH].[HH]. The van der Waals surface area contributed by atoms with Gasteiger partial charge in [0.1, 0.15) is 5.69 Å². The highest BCUT2D eigenvalue weighted by Gasteiger charge is 2.51. The minimum atomic E-state index is -1.66. The number of aromatic nitrogens is 2. The third-order valence-corrected chi connectivity index (χ3v) is 4.35. The molecule has 6 nitrogen and oxygen atoms in total. The number of alkyl halides is 1. The van der Waals surface area contributed by atoms with Crippen LogP contribution in [0, 0.1) is 0 Å². The highest BCUT2D eigenvalue weighted by atomic mass is 19.1. The number of likely N-dealkylation sites (tertiary alicyclic amines) is 1. The zero-order chi connectivity index (χ0) is 15.9. The number of aromatic amines is 1. The van der Waals surface area contributed by atoms with Crippen molar-refractivity contribution in [3.05, 3.63) is 17.5 Å². The summed E-state index contributed by atoms with van der Waals surface area (Å²) in [6, 6.07) is 1.59. The van der Waals surface area contributed by atoms with Crippen LogP contribution in [-0.2, 0) is 4.79 Å². The van der Waals surface area contributed by atoms with Crippen LogP contribution in [0.4, 0.5) is 4.39 Å². The summed E-state index contributed by atoms with van der Waals surface area (Å²) in [5, 5.41) is 9.62. The number of carbonyl (C=O) groups is 2. The Labute approximate surface area is 131 Å². The van der Waals surface area contributed by atoms with Gasteiger partial charge in [-0.2, -0.15) is 5.10 Å². The molecule has 22 heavy (non-hydrogen) atoms.